The van der Waals surface area contributed by atoms with Crippen molar-refractivity contribution in [3.63, 3.8) is 0 Å². The third kappa shape index (κ3) is 5.37. The van der Waals surface area contributed by atoms with Gasteiger partial charge in [-0.3, -0.25) is 9.59 Å². The lowest BCUT2D eigenvalue weighted by Crippen LogP contribution is -2.46. The summed E-state index contributed by atoms with van der Waals surface area (Å²) in [6.45, 7) is 1.55. The van der Waals surface area contributed by atoms with Gasteiger partial charge in [-0.05, 0) is 55.0 Å². The molecular weight excluding hydrogens is 479 g/mol. The zero-order valence-electron chi connectivity index (χ0n) is 18.6. The van der Waals surface area contributed by atoms with Crippen molar-refractivity contribution in [3.05, 3.63) is 63.1 Å². The van der Waals surface area contributed by atoms with Crippen LogP contribution in [0, 0.1) is 5.92 Å². The molecule has 0 spiro atoms. The topological polar surface area (TPSA) is 95.9 Å². The minimum Gasteiger partial charge on any atom is -0.480 e. The Kier molecular flexibility index (Phi) is 7.76. The summed E-state index contributed by atoms with van der Waals surface area (Å²) in [6, 6.07) is 9.47. The molecule has 1 atom stereocenters. The molecule has 0 unspecified atom stereocenters. The predicted molar refractivity (Wildman–Crippen MR) is 130 cm³/mol. The van der Waals surface area contributed by atoms with E-state index in [-0.39, 0.29) is 29.7 Å². The summed E-state index contributed by atoms with van der Waals surface area (Å²) in [6.07, 6.45) is 2.86. The maximum atomic E-state index is 13.3. The molecule has 34 heavy (non-hydrogen) atoms. The summed E-state index contributed by atoms with van der Waals surface area (Å²) < 4.78 is 5.28. The zero-order chi connectivity index (χ0) is 24.2. The summed E-state index contributed by atoms with van der Waals surface area (Å²) in [5.41, 5.74) is 2.75. The summed E-state index contributed by atoms with van der Waals surface area (Å²) in [4.78, 5) is 39.3. The maximum Gasteiger partial charge on any atom is 0.326 e. The van der Waals surface area contributed by atoms with Crippen LogP contribution in [0.3, 0.4) is 0 Å². The number of ether oxygens (including phenoxy) is 1. The van der Waals surface area contributed by atoms with Gasteiger partial charge in [-0.2, -0.15) is 0 Å². The average molecular weight is 505 g/mol. The lowest BCUT2D eigenvalue weighted by Gasteiger charge is -2.30. The van der Waals surface area contributed by atoms with E-state index >= 15 is 0 Å². The number of hydrogen-bond acceptors (Lipinski definition) is 4. The van der Waals surface area contributed by atoms with Crippen LogP contribution >= 0.6 is 23.2 Å². The van der Waals surface area contributed by atoms with E-state index in [0.29, 0.717) is 42.6 Å². The highest BCUT2D eigenvalue weighted by Crippen LogP contribution is 2.33. The molecule has 0 aromatic heterocycles. The fourth-order valence-corrected chi connectivity index (χ4v) is 5.07. The van der Waals surface area contributed by atoms with Crippen molar-refractivity contribution in [2.75, 3.05) is 24.7 Å². The molecule has 0 saturated carbocycles. The third-order valence-electron chi connectivity index (χ3n) is 6.33. The first-order chi connectivity index (χ1) is 16.3. The van der Waals surface area contributed by atoms with E-state index in [4.69, 9.17) is 27.9 Å². The van der Waals surface area contributed by atoms with Gasteiger partial charge in [0.1, 0.15) is 6.04 Å². The molecule has 2 N–H and O–H groups in total. The Morgan fingerprint density at radius 1 is 1.12 bits per heavy atom. The number of benzene rings is 2. The number of carbonyl (C=O) groups is 3. The standard InChI is InChI=1S/C25H26Cl2N2O5/c26-18-4-1-5-19(27)22(18)24(31)29-10-2-3-17-13-15(6-7-21(17)29)14-20(25(32)33)28-23(30)16-8-11-34-12-9-16/h1,4-7,13,16,20H,2-3,8-12,14H2,(H,28,30)(H,32,33)/t20-/m0/s1. The molecule has 2 amide bonds. The average Bonchev–Trinajstić information content (AvgIpc) is 2.83. The Labute approximate surface area is 208 Å². The van der Waals surface area contributed by atoms with Crippen LogP contribution in [-0.4, -0.2) is 48.7 Å². The number of amides is 2. The first-order valence-electron chi connectivity index (χ1n) is 11.3. The molecule has 0 aliphatic carbocycles. The quantitative estimate of drug-likeness (QED) is 0.616. The Morgan fingerprint density at radius 2 is 1.82 bits per heavy atom. The molecule has 2 aromatic carbocycles. The fourth-order valence-electron chi connectivity index (χ4n) is 4.51. The van der Waals surface area contributed by atoms with Crippen molar-refractivity contribution in [1.29, 1.82) is 0 Å². The number of hydrogen-bond donors (Lipinski definition) is 2. The minimum atomic E-state index is -1.08. The van der Waals surface area contributed by atoms with E-state index in [1.54, 1.807) is 29.2 Å². The minimum absolute atomic E-state index is 0.155. The van der Waals surface area contributed by atoms with Crippen LogP contribution < -0.4 is 10.2 Å². The smallest absolute Gasteiger partial charge is 0.326 e. The SMILES string of the molecule is O=C(N[C@@H](Cc1ccc2c(c1)CCCN2C(=O)c1c(Cl)cccc1Cl)C(=O)O)C1CCOCC1. The molecule has 2 heterocycles. The van der Waals surface area contributed by atoms with E-state index in [1.165, 1.54) is 0 Å². The number of carboxylic acid groups (broad SMARTS) is 1. The molecule has 1 fully saturated rings. The molecule has 2 aromatic rings. The first kappa shape index (κ1) is 24.5. The number of aryl methyl sites for hydroxylation is 1. The molecule has 7 nitrogen and oxygen atoms in total. The second kappa shape index (κ2) is 10.8. The Bertz CT molecular complexity index is 1080. The van der Waals surface area contributed by atoms with Crippen molar-refractivity contribution < 1.29 is 24.2 Å². The summed E-state index contributed by atoms with van der Waals surface area (Å²) in [5, 5.41) is 13.0. The number of anilines is 1. The van der Waals surface area contributed by atoms with E-state index in [2.05, 4.69) is 5.32 Å². The van der Waals surface area contributed by atoms with Crippen LogP contribution in [0.1, 0.15) is 40.7 Å². The van der Waals surface area contributed by atoms with E-state index in [0.717, 1.165) is 29.7 Å². The number of carboxylic acids is 1. The van der Waals surface area contributed by atoms with E-state index < -0.39 is 12.0 Å². The number of carbonyl (C=O) groups excluding carboxylic acids is 2. The second-order valence-corrected chi connectivity index (χ2v) is 9.42. The Morgan fingerprint density at radius 3 is 2.50 bits per heavy atom. The van der Waals surface area contributed by atoms with Crippen molar-refractivity contribution in [1.82, 2.24) is 5.32 Å². The van der Waals surface area contributed by atoms with Gasteiger partial charge in [0, 0.05) is 37.8 Å². The molecule has 1 saturated heterocycles. The Balaban J connectivity index is 1.51. The molecule has 9 heteroatoms. The van der Waals surface area contributed by atoms with Crippen LogP contribution in [0.25, 0.3) is 0 Å². The van der Waals surface area contributed by atoms with Gasteiger partial charge in [0.05, 0.1) is 15.6 Å². The highest BCUT2D eigenvalue weighted by molar-refractivity contribution is 6.40. The highest BCUT2D eigenvalue weighted by Gasteiger charge is 2.29. The maximum absolute atomic E-state index is 13.3. The van der Waals surface area contributed by atoms with Crippen molar-refractivity contribution in [2.24, 2.45) is 5.92 Å². The van der Waals surface area contributed by atoms with Gasteiger partial charge in [-0.15, -0.1) is 0 Å². The van der Waals surface area contributed by atoms with Crippen LogP contribution in [0.5, 0.6) is 0 Å². The van der Waals surface area contributed by atoms with E-state index in [9.17, 15) is 19.5 Å². The van der Waals surface area contributed by atoms with Crippen LogP contribution in [-0.2, 0) is 27.2 Å². The van der Waals surface area contributed by atoms with Gasteiger partial charge in [-0.25, -0.2) is 4.79 Å². The number of aliphatic carboxylic acids is 1. The normalized spacial score (nSPS) is 17.1. The number of nitrogens with zero attached hydrogens (tertiary/aromatic N) is 1. The second-order valence-electron chi connectivity index (χ2n) is 8.61. The van der Waals surface area contributed by atoms with Gasteiger partial charge in [0.15, 0.2) is 0 Å². The Hall–Kier alpha value is -2.61. The molecule has 0 bridgehead atoms. The number of nitrogens with one attached hydrogen (secondary N) is 1. The van der Waals surface area contributed by atoms with Crippen molar-refractivity contribution >= 4 is 46.7 Å². The summed E-state index contributed by atoms with van der Waals surface area (Å²) in [7, 11) is 0. The van der Waals surface area contributed by atoms with Gasteiger partial charge < -0.3 is 20.1 Å². The molecule has 180 valence electrons. The fraction of sp³-hybridized carbons (Fsp3) is 0.400. The highest BCUT2D eigenvalue weighted by atomic mass is 35.5. The van der Waals surface area contributed by atoms with Gasteiger partial charge in [0.25, 0.3) is 5.91 Å². The molecule has 4 rings (SSSR count). The summed E-state index contributed by atoms with van der Waals surface area (Å²) >= 11 is 12.5. The van der Waals surface area contributed by atoms with Crippen LogP contribution in [0.4, 0.5) is 5.69 Å². The molecule has 2 aliphatic heterocycles. The van der Waals surface area contributed by atoms with E-state index in [1.807, 2.05) is 12.1 Å². The van der Waals surface area contributed by atoms with Gasteiger partial charge in [0.2, 0.25) is 5.91 Å². The molecular formula is C25H26Cl2N2O5. The van der Waals surface area contributed by atoms with Crippen molar-refractivity contribution in [2.45, 2.75) is 38.1 Å². The number of halogens is 2. The molecule has 0 radical (unpaired) electrons. The number of fused-ring (bicyclic) bond motifs is 1. The monoisotopic (exact) mass is 504 g/mol. The van der Waals surface area contributed by atoms with Crippen molar-refractivity contribution in [3.8, 4) is 0 Å². The summed E-state index contributed by atoms with van der Waals surface area (Å²) in [5.74, 6) is -1.82. The lowest BCUT2D eigenvalue weighted by molar-refractivity contribution is -0.143. The van der Waals surface area contributed by atoms with Crippen LogP contribution in [0.2, 0.25) is 10.0 Å². The zero-order valence-corrected chi connectivity index (χ0v) is 20.1. The first-order valence-corrected chi connectivity index (χ1v) is 12.1. The lowest BCUT2D eigenvalue weighted by atomic mass is 9.95. The third-order valence-corrected chi connectivity index (χ3v) is 6.96. The largest absolute Gasteiger partial charge is 0.480 e. The van der Waals surface area contributed by atoms with Crippen LogP contribution in [0.15, 0.2) is 36.4 Å². The van der Waals surface area contributed by atoms with Gasteiger partial charge in [-0.1, -0.05) is 41.4 Å². The van der Waals surface area contributed by atoms with Gasteiger partial charge >= 0.3 is 5.97 Å². The number of rotatable bonds is 6. The molecule has 2 aliphatic rings. The predicted octanol–water partition coefficient (Wildman–Crippen LogP) is 4.12.